The SMILES string of the molecule is CCOc1ccc(-n2nc3ccc(NC(=O)COc4ccc(C(C)C)cc4)cc3n2)cc1. The highest BCUT2D eigenvalue weighted by Gasteiger charge is 2.09. The molecule has 0 aliphatic carbocycles. The monoisotopic (exact) mass is 430 g/mol. The van der Waals surface area contributed by atoms with Crippen LogP contribution in [-0.2, 0) is 4.79 Å². The van der Waals surface area contributed by atoms with Crippen LogP contribution in [0.5, 0.6) is 11.5 Å². The lowest BCUT2D eigenvalue weighted by Crippen LogP contribution is -2.20. The van der Waals surface area contributed by atoms with Gasteiger partial charge >= 0.3 is 0 Å². The summed E-state index contributed by atoms with van der Waals surface area (Å²) >= 11 is 0. The summed E-state index contributed by atoms with van der Waals surface area (Å²) in [7, 11) is 0. The van der Waals surface area contributed by atoms with Crippen LogP contribution < -0.4 is 14.8 Å². The van der Waals surface area contributed by atoms with E-state index in [1.807, 2.05) is 61.5 Å². The summed E-state index contributed by atoms with van der Waals surface area (Å²) in [5, 5.41) is 11.9. The molecule has 0 bridgehead atoms. The van der Waals surface area contributed by atoms with Crippen molar-refractivity contribution in [3.63, 3.8) is 0 Å². The number of hydrogen-bond donors (Lipinski definition) is 1. The van der Waals surface area contributed by atoms with Gasteiger partial charge in [0.05, 0.1) is 12.3 Å². The van der Waals surface area contributed by atoms with Gasteiger partial charge in [-0.05, 0) is 73.0 Å². The first-order valence-corrected chi connectivity index (χ1v) is 10.6. The second kappa shape index (κ2) is 9.51. The Morgan fingerprint density at radius 3 is 2.25 bits per heavy atom. The van der Waals surface area contributed by atoms with Crippen LogP contribution >= 0.6 is 0 Å². The fourth-order valence-electron chi connectivity index (χ4n) is 3.25. The van der Waals surface area contributed by atoms with E-state index in [1.165, 1.54) is 5.56 Å². The molecule has 1 aromatic heterocycles. The van der Waals surface area contributed by atoms with E-state index >= 15 is 0 Å². The van der Waals surface area contributed by atoms with Crippen molar-refractivity contribution in [1.29, 1.82) is 0 Å². The number of anilines is 1. The number of ether oxygens (including phenoxy) is 2. The van der Waals surface area contributed by atoms with Gasteiger partial charge in [0, 0.05) is 5.69 Å². The molecule has 7 heteroatoms. The fourth-order valence-corrected chi connectivity index (χ4v) is 3.25. The molecule has 0 saturated carbocycles. The third-order valence-electron chi connectivity index (χ3n) is 4.96. The molecule has 1 amide bonds. The van der Waals surface area contributed by atoms with Crippen molar-refractivity contribution in [1.82, 2.24) is 15.0 Å². The number of rotatable bonds is 8. The van der Waals surface area contributed by atoms with E-state index in [2.05, 4.69) is 29.4 Å². The minimum absolute atomic E-state index is 0.0715. The molecule has 0 saturated heterocycles. The highest BCUT2D eigenvalue weighted by molar-refractivity contribution is 5.93. The molecule has 4 aromatic rings. The highest BCUT2D eigenvalue weighted by Crippen LogP contribution is 2.20. The van der Waals surface area contributed by atoms with Gasteiger partial charge in [-0.3, -0.25) is 4.79 Å². The number of hydrogen-bond acceptors (Lipinski definition) is 5. The minimum atomic E-state index is -0.240. The van der Waals surface area contributed by atoms with Gasteiger partial charge in [-0.25, -0.2) is 0 Å². The van der Waals surface area contributed by atoms with Gasteiger partial charge in [0.1, 0.15) is 22.5 Å². The minimum Gasteiger partial charge on any atom is -0.494 e. The van der Waals surface area contributed by atoms with Crippen molar-refractivity contribution in [3.8, 4) is 17.2 Å². The molecule has 3 aromatic carbocycles. The molecule has 4 rings (SSSR count). The van der Waals surface area contributed by atoms with Gasteiger partial charge in [-0.2, -0.15) is 4.80 Å². The van der Waals surface area contributed by atoms with E-state index in [9.17, 15) is 4.79 Å². The first kappa shape index (κ1) is 21.4. The second-order valence-corrected chi connectivity index (χ2v) is 7.68. The zero-order chi connectivity index (χ0) is 22.5. The van der Waals surface area contributed by atoms with Crippen LogP contribution in [0, 0.1) is 0 Å². The van der Waals surface area contributed by atoms with E-state index in [0.29, 0.717) is 29.5 Å². The van der Waals surface area contributed by atoms with Crippen LogP contribution in [0.1, 0.15) is 32.3 Å². The van der Waals surface area contributed by atoms with Crippen molar-refractivity contribution >= 4 is 22.6 Å². The summed E-state index contributed by atoms with van der Waals surface area (Å²) in [6.45, 7) is 6.76. The Labute approximate surface area is 187 Å². The molecule has 0 fully saturated rings. The Kier molecular flexibility index (Phi) is 6.35. The zero-order valence-corrected chi connectivity index (χ0v) is 18.4. The Bertz CT molecular complexity index is 1200. The maximum absolute atomic E-state index is 12.3. The lowest BCUT2D eigenvalue weighted by Gasteiger charge is -2.09. The van der Waals surface area contributed by atoms with E-state index in [0.717, 1.165) is 17.0 Å². The van der Waals surface area contributed by atoms with Gasteiger partial charge in [-0.1, -0.05) is 26.0 Å². The number of carbonyl (C=O) groups is 1. The Morgan fingerprint density at radius 1 is 0.906 bits per heavy atom. The molecule has 0 radical (unpaired) electrons. The van der Waals surface area contributed by atoms with Crippen LogP contribution in [0.3, 0.4) is 0 Å². The molecule has 32 heavy (non-hydrogen) atoms. The summed E-state index contributed by atoms with van der Waals surface area (Å²) in [6.07, 6.45) is 0. The predicted molar refractivity (Wildman–Crippen MR) is 125 cm³/mol. The first-order valence-electron chi connectivity index (χ1n) is 10.6. The summed E-state index contributed by atoms with van der Waals surface area (Å²) in [5.41, 5.74) is 4.11. The lowest BCUT2D eigenvalue weighted by atomic mass is 10.0. The van der Waals surface area contributed by atoms with E-state index < -0.39 is 0 Å². The van der Waals surface area contributed by atoms with Crippen molar-refractivity contribution in [2.75, 3.05) is 18.5 Å². The van der Waals surface area contributed by atoms with Crippen molar-refractivity contribution in [2.24, 2.45) is 0 Å². The van der Waals surface area contributed by atoms with Crippen LogP contribution in [0.2, 0.25) is 0 Å². The van der Waals surface area contributed by atoms with Crippen LogP contribution in [0.25, 0.3) is 16.7 Å². The number of aromatic nitrogens is 3. The summed E-state index contributed by atoms with van der Waals surface area (Å²) < 4.78 is 11.1. The predicted octanol–water partition coefficient (Wildman–Crippen LogP) is 4.96. The number of fused-ring (bicyclic) bond motifs is 1. The second-order valence-electron chi connectivity index (χ2n) is 7.68. The number of nitrogens with zero attached hydrogens (tertiary/aromatic N) is 3. The molecule has 1 heterocycles. The zero-order valence-electron chi connectivity index (χ0n) is 18.4. The van der Waals surface area contributed by atoms with Gasteiger partial charge in [0.2, 0.25) is 0 Å². The number of benzene rings is 3. The number of amides is 1. The molecule has 7 nitrogen and oxygen atoms in total. The summed E-state index contributed by atoms with van der Waals surface area (Å²) in [4.78, 5) is 13.9. The summed E-state index contributed by atoms with van der Waals surface area (Å²) in [6, 6.07) is 20.8. The van der Waals surface area contributed by atoms with E-state index in [-0.39, 0.29) is 12.5 Å². The van der Waals surface area contributed by atoms with Gasteiger partial charge in [0.25, 0.3) is 5.91 Å². The molecule has 0 atom stereocenters. The van der Waals surface area contributed by atoms with Gasteiger partial charge in [-0.15, -0.1) is 10.2 Å². The maximum atomic E-state index is 12.3. The Hall–Kier alpha value is -3.87. The van der Waals surface area contributed by atoms with E-state index in [1.54, 1.807) is 16.9 Å². The average Bonchev–Trinajstić information content (AvgIpc) is 3.22. The molecular weight excluding hydrogens is 404 g/mol. The molecule has 1 N–H and O–H groups in total. The van der Waals surface area contributed by atoms with Crippen molar-refractivity contribution < 1.29 is 14.3 Å². The van der Waals surface area contributed by atoms with E-state index in [4.69, 9.17) is 9.47 Å². The average molecular weight is 431 g/mol. The third kappa shape index (κ3) is 5.06. The Balaban J connectivity index is 1.39. The first-order chi connectivity index (χ1) is 15.5. The third-order valence-corrected chi connectivity index (χ3v) is 4.96. The molecule has 0 spiro atoms. The fraction of sp³-hybridized carbons (Fsp3) is 0.240. The topological polar surface area (TPSA) is 78.3 Å². The van der Waals surface area contributed by atoms with Crippen LogP contribution in [0.15, 0.2) is 66.7 Å². The quantitative estimate of drug-likeness (QED) is 0.427. The van der Waals surface area contributed by atoms with Crippen LogP contribution in [0.4, 0.5) is 5.69 Å². The molecule has 0 aliphatic heterocycles. The number of nitrogens with one attached hydrogen (secondary N) is 1. The largest absolute Gasteiger partial charge is 0.494 e. The number of carbonyl (C=O) groups excluding carboxylic acids is 1. The standard InChI is InChI=1S/C25H26N4O3/c1-4-31-21-12-8-20(9-13-21)29-27-23-14-7-19(15-24(23)28-29)26-25(30)16-32-22-10-5-18(6-11-22)17(2)3/h5-15,17H,4,16H2,1-3H3,(H,26,30). The van der Waals surface area contributed by atoms with Crippen molar-refractivity contribution in [3.05, 3.63) is 72.3 Å². The normalized spacial score (nSPS) is 11.0. The molecular formula is C25H26N4O3. The van der Waals surface area contributed by atoms with Gasteiger partial charge in [0.15, 0.2) is 6.61 Å². The molecule has 0 unspecified atom stereocenters. The van der Waals surface area contributed by atoms with Crippen LogP contribution in [-0.4, -0.2) is 34.1 Å². The molecule has 0 aliphatic rings. The lowest BCUT2D eigenvalue weighted by molar-refractivity contribution is -0.118. The molecule has 164 valence electrons. The summed E-state index contributed by atoms with van der Waals surface area (Å²) in [5.74, 6) is 1.68. The Morgan fingerprint density at radius 2 is 1.56 bits per heavy atom. The van der Waals surface area contributed by atoms with Crippen molar-refractivity contribution in [2.45, 2.75) is 26.7 Å². The smallest absolute Gasteiger partial charge is 0.262 e. The van der Waals surface area contributed by atoms with Gasteiger partial charge < -0.3 is 14.8 Å². The maximum Gasteiger partial charge on any atom is 0.262 e. The highest BCUT2D eigenvalue weighted by atomic mass is 16.5.